The molecule has 1 aromatic heterocycles. The molecule has 31 heavy (non-hydrogen) atoms. The van der Waals surface area contributed by atoms with Crippen molar-refractivity contribution in [2.24, 2.45) is 11.6 Å². The highest BCUT2D eigenvalue weighted by atomic mass is 35.5. The molecule has 0 bridgehead atoms. The number of Topliss-reactive ketones (excluding diaryl/α,β-unsaturated/α-hetero) is 1. The second-order valence-corrected chi connectivity index (χ2v) is 7.46. The maximum Gasteiger partial charge on any atom is 0.296 e. The first-order valence-corrected chi connectivity index (χ1v) is 9.72. The third-order valence-electron chi connectivity index (χ3n) is 4.51. The summed E-state index contributed by atoms with van der Waals surface area (Å²) in [4.78, 5) is 36.9. The number of halogens is 2. The molecule has 0 atom stereocenters. The van der Waals surface area contributed by atoms with Crippen molar-refractivity contribution < 1.29 is 23.2 Å². The standard InChI is InChI=1S/C20H21ClFN5O4/c1-10-14(19(29)26-12-2-5-16(22)15(21)6-12)7-17(31-10)18(28)20(30)25-8-11(23)9-27(24)13-3-4-13/h2,5-7,9,13H,3-4,8,23-24H2,1H3,(H,25,30)(H,26,29)/b11-9-. The summed E-state index contributed by atoms with van der Waals surface area (Å²) in [6, 6.07) is 5.09. The molecule has 2 aromatic rings. The van der Waals surface area contributed by atoms with Crippen LogP contribution >= 0.6 is 11.6 Å². The van der Waals surface area contributed by atoms with Crippen LogP contribution in [-0.2, 0) is 4.79 Å². The van der Waals surface area contributed by atoms with Crippen LogP contribution in [0.3, 0.4) is 0 Å². The third-order valence-corrected chi connectivity index (χ3v) is 4.80. The highest BCUT2D eigenvalue weighted by Gasteiger charge is 2.26. The zero-order chi connectivity index (χ0) is 22.7. The molecule has 164 valence electrons. The first kappa shape index (κ1) is 22.3. The van der Waals surface area contributed by atoms with Crippen LogP contribution in [0.15, 0.2) is 40.6 Å². The lowest BCUT2D eigenvalue weighted by Gasteiger charge is -2.13. The van der Waals surface area contributed by atoms with Gasteiger partial charge < -0.3 is 25.8 Å². The Kier molecular flexibility index (Phi) is 6.62. The van der Waals surface area contributed by atoms with Gasteiger partial charge in [0.15, 0.2) is 5.76 Å². The highest BCUT2D eigenvalue weighted by molar-refractivity contribution is 6.42. The number of ketones is 1. The zero-order valence-electron chi connectivity index (χ0n) is 16.6. The monoisotopic (exact) mass is 449 g/mol. The maximum absolute atomic E-state index is 13.2. The summed E-state index contributed by atoms with van der Waals surface area (Å²) < 4.78 is 18.5. The molecule has 11 heteroatoms. The van der Waals surface area contributed by atoms with Gasteiger partial charge in [-0.2, -0.15) is 0 Å². The zero-order valence-corrected chi connectivity index (χ0v) is 17.3. The van der Waals surface area contributed by atoms with Gasteiger partial charge in [0, 0.05) is 29.7 Å². The highest BCUT2D eigenvalue weighted by Crippen LogP contribution is 2.24. The number of hydrogen-bond donors (Lipinski definition) is 4. The lowest BCUT2D eigenvalue weighted by atomic mass is 10.2. The number of carbonyl (C=O) groups excluding carboxylic acids is 3. The molecule has 0 spiro atoms. The molecule has 0 saturated heterocycles. The van der Waals surface area contributed by atoms with Crippen molar-refractivity contribution >= 4 is 34.9 Å². The van der Waals surface area contributed by atoms with Gasteiger partial charge in [0.25, 0.3) is 17.6 Å². The fourth-order valence-corrected chi connectivity index (χ4v) is 2.86. The molecule has 0 aliphatic heterocycles. The van der Waals surface area contributed by atoms with E-state index in [1.807, 2.05) is 0 Å². The summed E-state index contributed by atoms with van der Waals surface area (Å²) in [6.07, 6.45) is 3.46. The van der Waals surface area contributed by atoms with Gasteiger partial charge >= 0.3 is 0 Å². The third kappa shape index (κ3) is 5.62. The summed E-state index contributed by atoms with van der Waals surface area (Å²) in [7, 11) is 0. The predicted octanol–water partition coefficient (Wildman–Crippen LogP) is 2.07. The molecule has 0 unspecified atom stereocenters. The van der Waals surface area contributed by atoms with Gasteiger partial charge in [0.2, 0.25) is 0 Å². The summed E-state index contributed by atoms with van der Waals surface area (Å²) in [5.41, 5.74) is 6.37. The molecule has 1 aliphatic carbocycles. The van der Waals surface area contributed by atoms with Crippen molar-refractivity contribution in [2.45, 2.75) is 25.8 Å². The summed E-state index contributed by atoms with van der Waals surface area (Å²) in [5, 5.41) is 6.21. The van der Waals surface area contributed by atoms with E-state index in [1.165, 1.54) is 30.3 Å². The first-order chi connectivity index (χ1) is 14.7. The van der Waals surface area contributed by atoms with E-state index < -0.39 is 23.4 Å². The molecular weight excluding hydrogens is 429 g/mol. The Balaban J connectivity index is 1.61. The molecular formula is C20H21ClFN5O4. The number of nitrogens with one attached hydrogen (secondary N) is 2. The van der Waals surface area contributed by atoms with E-state index in [0.717, 1.165) is 25.0 Å². The van der Waals surface area contributed by atoms with E-state index in [2.05, 4.69) is 10.6 Å². The molecule has 1 aromatic carbocycles. The largest absolute Gasteiger partial charge is 0.457 e. The van der Waals surface area contributed by atoms with Crippen molar-refractivity contribution in [2.75, 3.05) is 11.9 Å². The van der Waals surface area contributed by atoms with E-state index >= 15 is 0 Å². The van der Waals surface area contributed by atoms with E-state index in [-0.39, 0.29) is 46.1 Å². The maximum atomic E-state index is 13.2. The van der Waals surface area contributed by atoms with Crippen molar-refractivity contribution in [3.8, 4) is 0 Å². The molecule has 2 amide bonds. The predicted molar refractivity (Wildman–Crippen MR) is 111 cm³/mol. The fraction of sp³-hybridized carbons (Fsp3) is 0.250. The SMILES string of the molecule is Cc1oc(C(=O)C(=O)NC/C(N)=C/N(N)C2CC2)cc1C(=O)Nc1ccc(F)c(Cl)c1. The summed E-state index contributed by atoms with van der Waals surface area (Å²) in [6.45, 7) is 1.39. The van der Waals surface area contributed by atoms with Crippen LogP contribution < -0.4 is 22.2 Å². The topological polar surface area (TPSA) is 144 Å². The Labute approximate surface area is 182 Å². The van der Waals surface area contributed by atoms with Crippen LogP contribution in [0.5, 0.6) is 0 Å². The number of benzene rings is 1. The Morgan fingerprint density at radius 1 is 1.32 bits per heavy atom. The van der Waals surface area contributed by atoms with Gasteiger partial charge in [-0.1, -0.05) is 11.6 Å². The van der Waals surface area contributed by atoms with Crippen molar-refractivity contribution in [3.05, 3.63) is 64.1 Å². The molecule has 1 aliphatic rings. The minimum absolute atomic E-state index is 0.0409. The Hall–Kier alpha value is -3.37. The summed E-state index contributed by atoms with van der Waals surface area (Å²) >= 11 is 5.70. The lowest BCUT2D eigenvalue weighted by Crippen LogP contribution is -2.35. The number of nitrogens with zero attached hydrogens (tertiary/aromatic N) is 1. The van der Waals surface area contributed by atoms with Crippen LogP contribution in [0.4, 0.5) is 10.1 Å². The smallest absolute Gasteiger partial charge is 0.296 e. The van der Waals surface area contributed by atoms with Crippen LogP contribution in [0.1, 0.15) is 39.5 Å². The number of rotatable bonds is 8. The molecule has 1 saturated carbocycles. The van der Waals surface area contributed by atoms with Gasteiger partial charge in [0.05, 0.1) is 17.1 Å². The number of hydrazine groups is 1. The number of carbonyl (C=O) groups is 3. The number of aryl methyl sites for hydroxylation is 1. The van der Waals surface area contributed by atoms with E-state index in [1.54, 1.807) is 0 Å². The second kappa shape index (κ2) is 9.19. The van der Waals surface area contributed by atoms with Crippen molar-refractivity contribution in [1.29, 1.82) is 0 Å². The number of amides is 2. The number of anilines is 1. The average Bonchev–Trinajstić information content (AvgIpc) is 3.50. The lowest BCUT2D eigenvalue weighted by molar-refractivity contribution is -0.116. The molecule has 3 rings (SSSR count). The summed E-state index contributed by atoms with van der Waals surface area (Å²) in [5.74, 6) is 2.45. The minimum Gasteiger partial charge on any atom is -0.457 e. The average molecular weight is 450 g/mol. The molecule has 6 N–H and O–H groups in total. The number of hydrogen-bond acceptors (Lipinski definition) is 7. The van der Waals surface area contributed by atoms with Gasteiger partial charge in [-0.3, -0.25) is 14.4 Å². The van der Waals surface area contributed by atoms with E-state index in [0.29, 0.717) is 0 Å². The van der Waals surface area contributed by atoms with Gasteiger partial charge in [-0.05, 0) is 38.0 Å². The quantitative estimate of drug-likeness (QED) is 0.209. The van der Waals surface area contributed by atoms with Crippen LogP contribution in [0.2, 0.25) is 5.02 Å². The van der Waals surface area contributed by atoms with Crippen LogP contribution in [0.25, 0.3) is 0 Å². The Morgan fingerprint density at radius 3 is 2.68 bits per heavy atom. The fourth-order valence-electron chi connectivity index (χ4n) is 2.68. The van der Waals surface area contributed by atoms with Crippen molar-refractivity contribution in [3.63, 3.8) is 0 Å². The minimum atomic E-state index is -0.966. The van der Waals surface area contributed by atoms with Gasteiger partial charge in [0.1, 0.15) is 11.6 Å². The molecule has 1 heterocycles. The second-order valence-electron chi connectivity index (χ2n) is 7.06. The van der Waals surface area contributed by atoms with Crippen LogP contribution in [0, 0.1) is 12.7 Å². The van der Waals surface area contributed by atoms with E-state index in [4.69, 9.17) is 27.6 Å². The normalized spacial score (nSPS) is 13.6. The molecule has 9 nitrogen and oxygen atoms in total. The Morgan fingerprint density at radius 2 is 2.03 bits per heavy atom. The Bertz CT molecular complexity index is 1060. The van der Waals surface area contributed by atoms with E-state index in [9.17, 15) is 18.8 Å². The number of furan rings is 1. The number of nitrogens with two attached hydrogens (primary N) is 2. The van der Waals surface area contributed by atoms with Crippen molar-refractivity contribution in [1.82, 2.24) is 10.3 Å². The van der Waals surface area contributed by atoms with Crippen LogP contribution in [-0.4, -0.2) is 35.2 Å². The van der Waals surface area contributed by atoms with Gasteiger partial charge in [-0.15, -0.1) is 0 Å². The van der Waals surface area contributed by atoms with Gasteiger partial charge in [-0.25, -0.2) is 10.2 Å². The molecule has 1 fully saturated rings. The first-order valence-electron chi connectivity index (χ1n) is 9.34. The molecule has 0 radical (unpaired) electrons.